The minimum atomic E-state index is -4.65. The number of carbonyl (C=O) groups excluding carboxylic acids is 1. The van der Waals surface area contributed by atoms with Gasteiger partial charge in [0.1, 0.15) is 17.2 Å². The molecule has 0 amide bonds. The molecule has 0 heterocycles. The van der Waals surface area contributed by atoms with Crippen LogP contribution >= 0.6 is 0 Å². The summed E-state index contributed by atoms with van der Waals surface area (Å²) in [6, 6.07) is 8.09. The summed E-state index contributed by atoms with van der Waals surface area (Å²) >= 11 is 0. The Kier molecular flexibility index (Phi) is 9.19. The van der Waals surface area contributed by atoms with Gasteiger partial charge in [0.2, 0.25) is 0 Å². The number of nitrogens with one attached hydrogen (secondary N) is 1. The van der Waals surface area contributed by atoms with Crippen LogP contribution in [0.1, 0.15) is 88.1 Å². The van der Waals surface area contributed by atoms with Crippen molar-refractivity contribution in [2.24, 2.45) is 0 Å². The quantitative estimate of drug-likeness (QED) is 0.303. The molecule has 0 fully saturated rings. The average molecular weight is 556 g/mol. The average Bonchev–Trinajstić information content (AvgIpc) is 3.02. The fourth-order valence-corrected chi connectivity index (χ4v) is 5.64. The van der Waals surface area contributed by atoms with Gasteiger partial charge in [-0.3, -0.25) is 5.32 Å². The fraction of sp³-hybridized carbons (Fsp3) is 0.536. The maximum Gasteiger partial charge on any atom is 0.416 e. The number of sulfone groups is 1. The number of fused-ring (bicyclic) bond motifs is 1. The highest BCUT2D eigenvalue weighted by Gasteiger charge is 2.33. The van der Waals surface area contributed by atoms with E-state index in [4.69, 9.17) is 9.47 Å². The highest BCUT2D eigenvalue weighted by atomic mass is 32.2. The standard InChI is InChI=1S/C28H36F3NO5S/c1-18(2)19-13-20(28(29,30)31)15-21(14-19)38(34,35)17-32-24-11-7-6-9-23-22(24)10-8-12-25(23)36-16-26(33)37-27(3,4)5/h8,10,12-15,18,24,32H,6-7,9,11,16-17H2,1-5H3. The Balaban J connectivity index is 1.82. The van der Waals surface area contributed by atoms with E-state index >= 15 is 0 Å². The first-order chi connectivity index (χ1) is 17.6. The molecule has 0 aliphatic heterocycles. The van der Waals surface area contributed by atoms with Crippen molar-refractivity contribution in [3.63, 3.8) is 0 Å². The number of halogens is 3. The molecule has 0 saturated carbocycles. The number of benzene rings is 2. The molecule has 10 heteroatoms. The van der Waals surface area contributed by atoms with E-state index in [-0.39, 0.29) is 23.5 Å². The van der Waals surface area contributed by atoms with Crippen LogP contribution in [-0.4, -0.2) is 32.5 Å². The molecule has 210 valence electrons. The summed E-state index contributed by atoms with van der Waals surface area (Å²) in [5.74, 6) is -0.748. The molecule has 6 nitrogen and oxygen atoms in total. The monoisotopic (exact) mass is 555 g/mol. The lowest BCUT2D eigenvalue weighted by atomic mass is 9.98. The first-order valence-corrected chi connectivity index (χ1v) is 14.4. The minimum absolute atomic E-state index is 0.256. The lowest BCUT2D eigenvalue weighted by Crippen LogP contribution is -2.29. The van der Waals surface area contributed by atoms with Crippen molar-refractivity contribution in [2.75, 3.05) is 12.5 Å². The molecule has 38 heavy (non-hydrogen) atoms. The van der Waals surface area contributed by atoms with Crippen molar-refractivity contribution in [3.8, 4) is 5.75 Å². The highest BCUT2D eigenvalue weighted by molar-refractivity contribution is 7.91. The normalized spacial score (nSPS) is 16.6. The van der Waals surface area contributed by atoms with Crippen LogP contribution in [0.4, 0.5) is 13.2 Å². The molecular formula is C28H36F3NO5S. The zero-order chi connectivity index (χ0) is 28.3. The van der Waals surface area contributed by atoms with Crippen molar-refractivity contribution in [1.82, 2.24) is 5.32 Å². The van der Waals surface area contributed by atoms with E-state index in [0.29, 0.717) is 30.2 Å². The SMILES string of the molecule is CC(C)c1cc(C(F)(F)F)cc(S(=O)(=O)CNC2CCCCc3c(OCC(=O)OC(C)(C)C)cccc32)c1. The van der Waals surface area contributed by atoms with Gasteiger partial charge in [0.05, 0.1) is 10.5 Å². The maximum absolute atomic E-state index is 13.5. The summed E-state index contributed by atoms with van der Waals surface area (Å²) < 4.78 is 77.8. The molecule has 2 aromatic carbocycles. The number of hydrogen-bond acceptors (Lipinski definition) is 6. The Hall–Kier alpha value is -2.59. The predicted octanol–water partition coefficient (Wildman–Crippen LogP) is 6.34. The molecule has 0 spiro atoms. The van der Waals surface area contributed by atoms with E-state index in [1.54, 1.807) is 46.8 Å². The molecular weight excluding hydrogens is 519 g/mol. The van der Waals surface area contributed by atoms with Gasteiger partial charge in [0, 0.05) is 6.04 Å². The molecule has 0 saturated heterocycles. The van der Waals surface area contributed by atoms with E-state index < -0.39 is 39.0 Å². The Morgan fingerprint density at radius 3 is 2.45 bits per heavy atom. The van der Waals surface area contributed by atoms with E-state index in [1.807, 2.05) is 6.07 Å². The second-order valence-corrected chi connectivity index (χ2v) is 12.9. The molecule has 1 unspecified atom stereocenters. The molecule has 1 aliphatic rings. The topological polar surface area (TPSA) is 81.7 Å². The Morgan fingerprint density at radius 1 is 1.11 bits per heavy atom. The smallest absolute Gasteiger partial charge is 0.416 e. The van der Waals surface area contributed by atoms with Crippen molar-refractivity contribution in [2.45, 2.75) is 88.9 Å². The Bertz CT molecular complexity index is 1250. The second-order valence-electron chi connectivity index (χ2n) is 10.9. The number of hydrogen-bond donors (Lipinski definition) is 1. The third kappa shape index (κ3) is 7.96. The largest absolute Gasteiger partial charge is 0.482 e. The number of carbonyl (C=O) groups is 1. The second kappa shape index (κ2) is 11.7. The van der Waals surface area contributed by atoms with Gasteiger partial charge < -0.3 is 9.47 Å². The van der Waals surface area contributed by atoms with Crippen LogP contribution < -0.4 is 10.1 Å². The third-order valence-electron chi connectivity index (χ3n) is 6.28. The lowest BCUT2D eigenvalue weighted by Gasteiger charge is -2.22. The summed E-state index contributed by atoms with van der Waals surface area (Å²) in [7, 11) is -4.07. The van der Waals surface area contributed by atoms with E-state index in [2.05, 4.69) is 5.32 Å². The van der Waals surface area contributed by atoms with Crippen LogP contribution in [0.25, 0.3) is 0 Å². The Labute approximate surface area is 222 Å². The van der Waals surface area contributed by atoms with Gasteiger partial charge in [-0.25, -0.2) is 13.2 Å². The zero-order valence-electron chi connectivity index (χ0n) is 22.4. The molecule has 3 rings (SSSR count). The summed E-state index contributed by atoms with van der Waals surface area (Å²) in [6.45, 7) is 8.49. The molecule has 0 radical (unpaired) electrons. The first-order valence-electron chi connectivity index (χ1n) is 12.7. The van der Waals surface area contributed by atoms with E-state index in [0.717, 1.165) is 30.0 Å². The van der Waals surface area contributed by atoms with Crippen LogP contribution in [0.5, 0.6) is 5.75 Å². The van der Waals surface area contributed by atoms with Crippen molar-refractivity contribution in [1.29, 1.82) is 0 Å². The molecule has 2 aromatic rings. The number of rotatable bonds is 8. The van der Waals surface area contributed by atoms with Crippen LogP contribution in [0, 0.1) is 0 Å². The van der Waals surface area contributed by atoms with Gasteiger partial charge in [-0.05, 0) is 86.9 Å². The fourth-order valence-electron chi connectivity index (χ4n) is 4.43. The number of ether oxygens (including phenoxy) is 2. The van der Waals surface area contributed by atoms with E-state index in [1.165, 1.54) is 6.07 Å². The third-order valence-corrected chi connectivity index (χ3v) is 7.78. The Morgan fingerprint density at radius 2 is 1.82 bits per heavy atom. The molecule has 1 N–H and O–H groups in total. The molecule has 0 bridgehead atoms. The highest BCUT2D eigenvalue weighted by Crippen LogP contribution is 2.36. The van der Waals surface area contributed by atoms with Crippen LogP contribution in [-0.2, 0) is 32.0 Å². The number of esters is 1. The van der Waals surface area contributed by atoms with Crippen LogP contribution in [0.2, 0.25) is 0 Å². The summed E-state index contributed by atoms with van der Waals surface area (Å²) in [5, 5.41) is 3.07. The van der Waals surface area contributed by atoms with Gasteiger partial charge >= 0.3 is 12.1 Å². The van der Waals surface area contributed by atoms with Crippen molar-refractivity contribution < 1.29 is 35.9 Å². The van der Waals surface area contributed by atoms with Crippen LogP contribution in [0.15, 0.2) is 41.3 Å². The molecule has 1 atom stereocenters. The summed E-state index contributed by atoms with van der Waals surface area (Å²) in [5.41, 5.74) is 0.430. The van der Waals surface area contributed by atoms with Crippen molar-refractivity contribution >= 4 is 15.8 Å². The lowest BCUT2D eigenvalue weighted by molar-refractivity contribution is -0.157. The van der Waals surface area contributed by atoms with Gasteiger partial charge in [-0.1, -0.05) is 32.4 Å². The first kappa shape index (κ1) is 30.0. The number of alkyl halides is 3. The summed E-state index contributed by atoms with van der Waals surface area (Å²) in [6.07, 6.45) is -1.65. The summed E-state index contributed by atoms with van der Waals surface area (Å²) in [4.78, 5) is 11.8. The van der Waals surface area contributed by atoms with Crippen molar-refractivity contribution in [3.05, 3.63) is 58.7 Å². The minimum Gasteiger partial charge on any atom is -0.482 e. The van der Waals surface area contributed by atoms with Gasteiger partial charge in [-0.2, -0.15) is 13.2 Å². The van der Waals surface area contributed by atoms with Crippen LogP contribution in [0.3, 0.4) is 0 Å². The predicted molar refractivity (Wildman–Crippen MR) is 139 cm³/mol. The molecule has 1 aliphatic carbocycles. The van der Waals surface area contributed by atoms with Gasteiger partial charge in [0.25, 0.3) is 0 Å². The maximum atomic E-state index is 13.5. The van der Waals surface area contributed by atoms with Gasteiger partial charge in [0.15, 0.2) is 16.4 Å². The molecule has 0 aromatic heterocycles. The zero-order valence-corrected chi connectivity index (χ0v) is 23.3. The van der Waals surface area contributed by atoms with Gasteiger partial charge in [-0.15, -0.1) is 0 Å². The van der Waals surface area contributed by atoms with E-state index in [9.17, 15) is 26.4 Å².